The van der Waals surface area contributed by atoms with Crippen molar-refractivity contribution in [2.45, 2.75) is 6.18 Å². The maximum absolute atomic E-state index is 10.6. The number of thiophene rings is 1. The molecule has 15 heavy (non-hydrogen) atoms. The van der Waals surface area contributed by atoms with Crippen LogP contribution >= 0.6 is 27.3 Å². The van der Waals surface area contributed by atoms with Gasteiger partial charge in [0.25, 0.3) is 0 Å². The van der Waals surface area contributed by atoms with Crippen molar-refractivity contribution in [1.82, 2.24) is 0 Å². The number of hydrogen-bond acceptors (Lipinski definition) is 3. The molecule has 0 unspecified atom stereocenters. The summed E-state index contributed by atoms with van der Waals surface area (Å²) >= 11 is 5.04. The van der Waals surface area contributed by atoms with E-state index in [-0.39, 0.29) is 0 Å². The molecule has 0 radical (unpaired) electrons. The number of carboxylic acids is 1. The van der Waals surface area contributed by atoms with Crippen LogP contribution < -0.4 is 5.32 Å². The molecule has 86 valence electrons. The number of carboxylic acid groups (broad SMARTS) is 1. The van der Waals surface area contributed by atoms with Crippen molar-refractivity contribution >= 4 is 38.2 Å². The smallest absolute Gasteiger partial charge is 0.475 e. The Kier molecular flexibility index (Phi) is 5.66. The van der Waals surface area contributed by atoms with E-state index in [9.17, 15) is 13.2 Å². The number of alkyl halides is 3. The van der Waals surface area contributed by atoms with Gasteiger partial charge in [0.2, 0.25) is 0 Å². The first kappa shape index (κ1) is 14.2. The molecule has 0 saturated heterocycles. The monoisotopic (exact) mass is 305 g/mol. The predicted octanol–water partition coefficient (Wildman–Crippen LogP) is 3.19. The van der Waals surface area contributed by atoms with Crippen molar-refractivity contribution in [2.24, 2.45) is 0 Å². The van der Waals surface area contributed by atoms with Gasteiger partial charge in [-0.05, 0) is 28.1 Å². The van der Waals surface area contributed by atoms with E-state index in [1.54, 1.807) is 11.3 Å². The molecule has 0 atom stereocenters. The second kappa shape index (κ2) is 5.96. The summed E-state index contributed by atoms with van der Waals surface area (Å²) in [6.45, 7) is 0. The molecule has 0 bridgehead atoms. The van der Waals surface area contributed by atoms with E-state index in [0.717, 1.165) is 0 Å². The molecule has 1 aromatic heterocycles. The minimum atomic E-state index is -5.08. The average Bonchev–Trinajstić information content (AvgIpc) is 2.50. The van der Waals surface area contributed by atoms with Crippen molar-refractivity contribution in [3.8, 4) is 0 Å². The number of rotatable bonds is 1. The molecule has 0 fully saturated rings. The van der Waals surface area contributed by atoms with E-state index >= 15 is 0 Å². The quantitative estimate of drug-likeness (QED) is 0.838. The van der Waals surface area contributed by atoms with Gasteiger partial charge in [0, 0.05) is 7.05 Å². The van der Waals surface area contributed by atoms with Crippen LogP contribution in [0.15, 0.2) is 15.9 Å². The van der Waals surface area contributed by atoms with E-state index in [1.165, 1.54) is 8.79 Å². The molecule has 3 nitrogen and oxygen atoms in total. The lowest BCUT2D eigenvalue weighted by Crippen LogP contribution is -2.21. The maximum Gasteiger partial charge on any atom is 0.490 e. The SMILES string of the molecule is CNc1ccc(Br)s1.O=C(O)C(F)(F)F. The lowest BCUT2D eigenvalue weighted by atomic mass is 10.6. The van der Waals surface area contributed by atoms with E-state index in [0.29, 0.717) is 0 Å². The average molecular weight is 306 g/mol. The number of hydrogen-bond donors (Lipinski definition) is 2. The van der Waals surface area contributed by atoms with Crippen LogP contribution in [0.25, 0.3) is 0 Å². The molecule has 0 saturated carbocycles. The Morgan fingerprint density at radius 1 is 1.53 bits per heavy atom. The van der Waals surface area contributed by atoms with E-state index < -0.39 is 12.1 Å². The van der Waals surface area contributed by atoms with Gasteiger partial charge >= 0.3 is 12.1 Å². The highest BCUT2D eigenvalue weighted by atomic mass is 79.9. The van der Waals surface area contributed by atoms with E-state index in [1.807, 2.05) is 19.2 Å². The maximum atomic E-state index is 10.6. The molecule has 1 rings (SSSR count). The molecule has 1 aromatic rings. The molecule has 1 heterocycles. The minimum Gasteiger partial charge on any atom is -0.475 e. The number of anilines is 1. The van der Waals surface area contributed by atoms with Gasteiger partial charge in [-0.2, -0.15) is 13.2 Å². The minimum absolute atomic E-state index is 1.17. The predicted molar refractivity (Wildman–Crippen MR) is 55.3 cm³/mol. The first-order valence-electron chi connectivity index (χ1n) is 3.50. The standard InChI is InChI=1S/C5H6BrNS.C2HF3O2/c1-7-5-3-2-4(6)8-5;3-2(4,5)1(6)7/h2-3,7H,1H3;(H,6,7). The lowest BCUT2D eigenvalue weighted by Gasteiger charge is -1.93. The molecular weight excluding hydrogens is 299 g/mol. The summed E-state index contributed by atoms with van der Waals surface area (Å²) < 4.78 is 32.9. The van der Waals surface area contributed by atoms with Gasteiger partial charge in [-0.15, -0.1) is 11.3 Å². The largest absolute Gasteiger partial charge is 0.490 e. The Morgan fingerprint density at radius 3 is 2.13 bits per heavy atom. The van der Waals surface area contributed by atoms with Crippen molar-refractivity contribution in [3.63, 3.8) is 0 Å². The molecule has 0 aliphatic heterocycles. The van der Waals surface area contributed by atoms with Crippen LogP contribution in [0.4, 0.5) is 18.2 Å². The van der Waals surface area contributed by atoms with Gasteiger partial charge in [0.1, 0.15) is 0 Å². The van der Waals surface area contributed by atoms with Gasteiger partial charge in [-0.25, -0.2) is 4.79 Å². The highest BCUT2D eigenvalue weighted by molar-refractivity contribution is 9.11. The second-order valence-electron chi connectivity index (χ2n) is 2.16. The summed E-state index contributed by atoms with van der Waals surface area (Å²) in [7, 11) is 1.91. The molecule has 0 aromatic carbocycles. The zero-order valence-corrected chi connectivity index (χ0v) is 9.83. The number of aliphatic carboxylic acids is 1. The van der Waals surface area contributed by atoms with Gasteiger partial charge in [-0.3, -0.25) is 0 Å². The molecule has 0 amide bonds. The summed E-state index contributed by atoms with van der Waals surface area (Å²) in [6.07, 6.45) is -5.08. The van der Waals surface area contributed by atoms with Gasteiger partial charge in [0.15, 0.2) is 0 Å². The van der Waals surface area contributed by atoms with Crippen molar-refractivity contribution in [3.05, 3.63) is 15.9 Å². The Hall–Kier alpha value is -0.760. The van der Waals surface area contributed by atoms with Crippen LogP contribution in [0.2, 0.25) is 0 Å². The molecule has 2 N–H and O–H groups in total. The van der Waals surface area contributed by atoms with Crippen molar-refractivity contribution in [1.29, 1.82) is 0 Å². The van der Waals surface area contributed by atoms with Crippen LogP contribution in [0.1, 0.15) is 0 Å². The molecular formula is C7H7BrF3NO2S. The fraction of sp³-hybridized carbons (Fsp3) is 0.286. The zero-order chi connectivity index (χ0) is 12.1. The molecule has 0 aliphatic carbocycles. The Morgan fingerprint density at radius 2 is 2.00 bits per heavy atom. The van der Waals surface area contributed by atoms with Crippen LogP contribution in [-0.2, 0) is 4.79 Å². The van der Waals surface area contributed by atoms with Crippen LogP contribution in [0, 0.1) is 0 Å². The Labute approximate surface area is 96.0 Å². The highest BCUT2D eigenvalue weighted by Gasteiger charge is 2.38. The summed E-state index contributed by atoms with van der Waals surface area (Å²) in [6, 6.07) is 4.06. The van der Waals surface area contributed by atoms with Gasteiger partial charge in [-0.1, -0.05) is 0 Å². The normalized spacial score (nSPS) is 10.2. The molecule has 0 spiro atoms. The number of nitrogens with one attached hydrogen (secondary N) is 1. The molecule has 8 heteroatoms. The number of halogens is 4. The summed E-state index contributed by atoms with van der Waals surface area (Å²) in [5.74, 6) is -2.76. The van der Waals surface area contributed by atoms with Crippen LogP contribution in [0.5, 0.6) is 0 Å². The topological polar surface area (TPSA) is 49.3 Å². The van der Waals surface area contributed by atoms with Crippen molar-refractivity contribution < 1.29 is 23.1 Å². The summed E-state index contributed by atoms with van der Waals surface area (Å²) in [4.78, 5) is 8.90. The first-order chi connectivity index (χ1) is 6.77. The first-order valence-corrected chi connectivity index (χ1v) is 5.11. The van der Waals surface area contributed by atoms with Crippen molar-refractivity contribution in [2.75, 3.05) is 12.4 Å². The third kappa shape index (κ3) is 6.34. The summed E-state index contributed by atoms with van der Waals surface area (Å²) in [5.41, 5.74) is 0. The molecule has 0 aliphatic rings. The third-order valence-electron chi connectivity index (χ3n) is 1.06. The Balaban J connectivity index is 0.000000265. The zero-order valence-electron chi connectivity index (χ0n) is 7.43. The fourth-order valence-electron chi connectivity index (χ4n) is 0.449. The van der Waals surface area contributed by atoms with Gasteiger partial charge < -0.3 is 10.4 Å². The second-order valence-corrected chi connectivity index (χ2v) is 4.62. The summed E-state index contributed by atoms with van der Waals surface area (Å²) in [5, 5.41) is 11.4. The fourth-order valence-corrected chi connectivity index (χ4v) is 1.69. The Bertz CT molecular complexity index is 326. The van der Waals surface area contributed by atoms with Crippen LogP contribution in [-0.4, -0.2) is 24.3 Å². The van der Waals surface area contributed by atoms with E-state index in [4.69, 9.17) is 9.90 Å². The third-order valence-corrected chi connectivity index (χ3v) is 2.70. The lowest BCUT2D eigenvalue weighted by molar-refractivity contribution is -0.192. The van der Waals surface area contributed by atoms with E-state index in [2.05, 4.69) is 21.2 Å². The van der Waals surface area contributed by atoms with Crippen LogP contribution in [0.3, 0.4) is 0 Å². The number of carbonyl (C=O) groups is 1. The highest BCUT2D eigenvalue weighted by Crippen LogP contribution is 2.25. The van der Waals surface area contributed by atoms with Gasteiger partial charge in [0.05, 0.1) is 8.79 Å².